The Bertz CT molecular complexity index is 558. The van der Waals surface area contributed by atoms with E-state index in [1.165, 1.54) is 4.90 Å². The lowest BCUT2D eigenvalue weighted by Crippen LogP contribution is -2.40. The number of H-pyrrole nitrogens is 1. The summed E-state index contributed by atoms with van der Waals surface area (Å²) in [7, 11) is 1.61. The summed E-state index contributed by atoms with van der Waals surface area (Å²) in [5, 5.41) is 6.90. The van der Waals surface area contributed by atoms with E-state index < -0.39 is 0 Å². The lowest BCUT2D eigenvalue weighted by atomic mass is 10.2. The van der Waals surface area contributed by atoms with Crippen LogP contribution < -0.4 is 5.73 Å². The second kappa shape index (κ2) is 5.38. The number of amides is 2. The first-order valence-corrected chi connectivity index (χ1v) is 7.45. The van der Waals surface area contributed by atoms with Crippen LogP contribution in [0.5, 0.6) is 0 Å². The number of likely N-dealkylation sites (tertiary alicyclic amines) is 1. The van der Waals surface area contributed by atoms with E-state index in [0.29, 0.717) is 11.6 Å². The normalized spacial score (nSPS) is 18.0. The molecule has 0 spiro atoms. The third-order valence-corrected chi connectivity index (χ3v) is 4.20. The number of nitrogen functional groups attached to an aromatic ring is 1. The number of nitrogens with two attached hydrogens (primary N) is 1. The zero-order valence-corrected chi connectivity index (χ0v) is 12.3. The van der Waals surface area contributed by atoms with Gasteiger partial charge >= 0.3 is 0 Å². The van der Waals surface area contributed by atoms with Crippen LogP contribution in [0, 0.1) is 0 Å². The maximum Gasteiger partial charge on any atom is 0.276 e. The molecule has 1 saturated heterocycles. The zero-order valence-electron chi connectivity index (χ0n) is 12.3. The van der Waals surface area contributed by atoms with Crippen molar-refractivity contribution in [2.75, 3.05) is 32.4 Å². The molecule has 1 aliphatic carbocycles. The number of nitrogens with one attached hydrogen (secondary N) is 1. The van der Waals surface area contributed by atoms with Crippen LogP contribution in [0.3, 0.4) is 0 Å². The molecule has 1 aliphatic heterocycles. The number of aromatic nitrogens is 2. The quantitative estimate of drug-likeness (QED) is 0.847. The standard InChI is InChI=1S/C14H21N5O2/c1-18(8-10(20)19-6-2-3-7-19)14(21)13-11(15)12(16-17-13)9-4-5-9/h9H,2-8,15H2,1H3,(H,16,17). The molecule has 0 unspecified atom stereocenters. The van der Waals surface area contributed by atoms with Crippen molar-refractivity contribution < 1.29 is 9.59 Å². The highest BCUT2D eigenvalue weighted by atomic mass is 16.2. The molecule has 3 rings (SSSR count). The highest BCUT2D eigenvalue weighted by molar-refractivity contribution is 5.99. The minimum absolute atomic E-state index is 0.0140. The molecule has 7 heteroatoms. The van der Waals surface area contributed by atoms with Gasteiger partial charge < -0.3 is 15.5 Å². The fourth-order valence-electron chi connectivity index (χ4n) is 2.73. The van der Waals surface area contributed by atoms with Crippen LogP contribution in [0.25, 0.3) is 0 Å². The van der Waals surface area contributed by atoms with Gasteiger partial charge in [0.1, 0.15) is 0 Å². The van der Waals surface area contributed by atoms with Crippen molar-refractivity contribution in [3.63, 3.8) is 0 Å². The van der Waals surface area contributed by atoms with Crippen molar-refractivity contribution in [2.45, 2.75) is 31.6 Å². The molecular formula is C14H21N5O2. The van der Waals surface area contributed by atoms with E-state index in [4.69, 9.17) is 5.73 Å². The maximum atomic E-state index is 12.4. The Morgan fingerprint density at radius 2 is 2.05 bits per heavy atom. The molecule has 0 radical (unpaired) electrons. The van der Waals surface area contributed by atoms with Gasteiger partial charge in [0.05, 0.1) is 17.9 Å². The fraction of sp³-hybridized carbons (Fsp3) is 0.643. The predicted molar refractivity (Wildman–Crippen MR) is 77.7 cm³/mol. The molecule has 21 heavy (non-hydrogen) atoms. The highest BCUT2D eigenvalue weighted by Crippen LogP contribution is 2.42. The lowest BCUT2D eigenvalue weighted by molar-refractivity contribution is -0.130. The van der Waals surface area contributed by atoms with Crippen LogP contribution in [0.2, 0.25) is 0 Å². The molecule has 1 aromatic rings. The van der Waals surface area contributed by atoms with Crippen molar-refractivity contribution in [1.29, 1.82) is 0 Å². The van der Waals surface area contributed by atoms with Crippen LogP contribution in [0.15, 0.2) is 0 Å². The highest BCUT2D eigenvalue weighted by Gasteiger charge is 2.31. The minimum Gasteiger partial charge on any atom is -0.395 e. The molecular weight excluding hydrogens is 270 g/mol. The first kappa shape index (κ1) is 13.9. The van der Waals surface area contributed by atoms with Crippen LogP contribution in [-0.2, 0) is 4.79 Å². The van der Waals surface area contributed by atoms with Crippen molar-refractivity contribution in [3.05, 3.63) is 11.4 Å². The van der Waals surface area contributed by atoms with Crippen LogP contribution in [0.4, 0.5) is 5.69 Å². The lowest BCUT2D eigenvalue weighted by Gasteiger charge is -2.20. The molecule has 1 aromatic heterocycles. The number of hydrogen-bond acceptors (Lipinski definition) is 4. The summed E-state index contributed by atoms with van der Waals surface area (Å²) in [5.41, 5.74) is 7.52. The molecule has 1 saturated carbocycles. The Labute approximate surface area is 123 Å². The summed E-state index contributed by atoms with van der Waals surface area (Å²) >= 11 is 0. The second-order valence-corrected chi connectivity index (χ2v) is 5.92. The monoisotopic (exact) mass is 291 g/mol. The summed E-state index contributed by atoms with van der Waals surface area (Å²) < 4.78 is 0. The summed E-state index contributed by atoms with van der Waals surface area (Å²) in [6.45, 7) is 1.65. The number of carbonyl (C=O) groups excluding carboxylic acids is 2. The first-order valence-electron chi connectivity index (χ1n) is 7.45. The number of carbonyl (C=O) groups is 2. The third-order valence-electron chi connectivity index (χ3n) is 4.20. The number of likely N-dealkylation sites (N-methyl/N-ethyl adjacent to an activating group) is 1. The zero-order chi connectivity index (χ0) is 15.0. The number of nitrogens with zero attached hydrogens (tertiary/aromatic N) is 3. The molecule has 114 valence electrons. The van der Waals surface area contributed by atoms with Gasteiger partial charge in [-0.25, -0.2) is 0 Å². The van der Waals surface area contributed by atoms with Gasteiger partial charge in [0.2, 0.25) is 5.91 Å². The van der Waals surface area contributed by atoms with Crippen LogP contribution >= 0.6 is 0 Å². The van der Waals surface area contributed by atoms with Gasteiger partial charge in [-0.2, -0.15) is 5.10 Å². The Morgan fingerprint density at radius 3 is 2.67 bits per heavy atom. The summed E-state index contributed by atoms with van der Waals surface area (Å²) in [5.74, 6) is 0.0960. The van der Waals surface area contributed by atoms with Gasteiger partial charge in [-0.3, -0.25) is 14.7 Å². The first-order chi connectivity index (χ1) is 10.1. The van der Waals surface area contributed by atoms with E-state index in [1.54, 1.807) is 11.9 Å². The van der Waals surface area contributed by atoms with Crippen molar-refractivity contribution >= 4 is 17.5 Å². The Kier molecular flexibility index (Phi) is 3.57. The maximum absolute atomic E-state index is 12.4. The van der Waals surface area contributed by atoms with E-state index in [1.807, 2.05) is 0 Å². The molecule has 3 N–H and O–H groups in total. The van der Waals surface area contributed by atoms with E-state index in [9.17, 15) is 9.59 Å². The van der Waals surface area contributed by atoms with Crippen LogP contribution in [-0.4, -0.2) is 58.5 Å². The number of hydrogen-bond donors (Lipinski definition) is 2. The average molecular weight is 291 g/mol. The molecule has 7 nitrogen and oxygen atoms in total. The topological polar surface area (TPSA) is 95.3 Å². The summed E-state index contributed by atoms with van der Waals surface area (Å²) in [6.07, 6.45) is 4.26. The Balaban J connectivity index is 1.65. The second-order valence-electron chi connectivity index (χ2n) is 5.92. The molecule has 2 heterocycles. The largest absolute Gasteiger partial charge is 0.395 e. The van der Waals surface area contributed by atoms with Gasteiger partial charge in [0.15, 0.2) is 5.69 Å². The molecule has 0 atom stereocenters. The minimum atomic E-state index is -0.303. The summed E-state index contributed by atoms with van der Waals surface area (Å²) in [6, 6.07) is 0. The number of anilines is 1. The Hall–Kier alpha value is -2.05. The van der Waals surface area contributed by atoms with Gasteiger partial charge in [-0.15, -0.1) is 0 Å². The van der Waals surface area contributed by atoms with Crippen LogP contribution in [0.1, 0.15) is 47.8 Å². The van der Waals surface area contributed by atoms with E-state index >= 15 is 0 Å². The van der Waals surface area contributed by atoms with Crippen molar-refractivity contribution in [1.82, 2.24) is 20.0 Å². The fourth-order valence-corrected chi connectivity index (χ4v) is 2.73. The van der Waals surface area contributed by atoms with E-state index in [0.717, 1.165) is 44.5 Å². The third kappa shape index (κ3) is 2.72. The smallest absolute Gasteiger partial charge is 0.276 e. The van der Waals surface area contributed by atoms with E-state index in [2.05, 4.69) is 10.2 Å². The van der Waals surface area contributed by atoms with Gasteiger partial charge in [-0.05, 0) is 25.7 Å². The number of aromatic amines is 1. The number of rotatable bonds is 4. The van der Waals surface area contributed by atoms with Gasteiger partial charge in [0.25, 0.3) is 5.91 Å². The predicted octanol–water partition coefficient (Wildman–Crippen LogP) is 0.564. The molecule has 2 aliphatic rings. The molecule has 0 aromatic carbocycles. The summed E-state index contributed by atoms with van der Waals surface area (Å²) in [4.78, 5) is 27.6. The van der Waals surface area contributed by atoms with Gasteiger partial charge in [0, 0.05) is 26.1 Å². The van der Waals surface area contributed by atoms with Gasteiger partial charge in [-0.1, -0.05) is 0 Å². The van der Waals surface area contributed by atoms with Crippen molar-refractivity contribution in [2.24, 2.45) is 0 Å². The molecule has 2 fully saturated rings. The van der Waals surface area contributed by atoms with Crippen molar-refractivity contribution in [3.8, 4) is 0 Å². The molecule has 0 bridgehead atoms. The van der Waals surface area contributed by atoms with E-state index in [-0.39, 0.29) is 24.1 Å². The average Bonchev–Trinajstić information content (AvgIpc) is 3.01. The Morgan fingerprint density at radius 1 is 1.38 bits per heavy atom. The SMILES string of the molecule is CN(CC(=O)N1CCCC1)C(=O)c1n[nH]c(C2CC2)c1N. The molecule has 2 amide bonds.